The zero-order chi connectivity index (χ0) is 15.9. The highest BCUT2D eigenvalue weighted by Gasteiger charge is 2.11. The maximum atomic E-state index is 11.5. The molecular weight excluding hydrogens is 284 g/mol. The molecule has 0 aliphatic carbocycles. The van der Waals surface area contributed by atoms with E-state index in [1.165, 1.54) is 0 Å². The van der Waals surface area contributed by atoms with Gasteiger partial charge in [0.2, 0.25) is 5.91 Å². The van der Waals surface area contributed by atoms with Crippen LogP contribution in [0.3, 0.4) is 0 Å². The minimum atomic E-state index is -0.168. The molecule has 0 fully saturated rings. The molecule has 0 saturated carbocycles. The van der Waals surface area contributed by atoms with Gasteiger partial charge >= 0.3 is 0 Å². The Morgan fingerprint density at radius 3 is 2.77 bits per heavy atom. The number of carbonyl (C=O) groups excluding carboxylic acids is 1. The van der Waals surface area contributed by atoms with E-state index in [1.807, 2.05) is 26.0 Å². The van der Waals surface area contributed by atoms with E-state index in [-0.39, 0.29) is 24.5 Å². The molecule has 22 heavy (non-hydrogen) atoms. The van der Waals surface area contributed by atoms with Crippen LogP contribution in [-0.4, -0.2) is 37.7 Å². The van der Waals surface area contributed by atoms with Gasteiger partial charge in [0, 0.05) is 24.2 Å². The molecule has 7 heteroatoms. The summed E-state index contributed by atoms with van der Waals surface area (Å²) < 4.78 is 11.2. The van der Waals surface area contributed by atoms with E-state index >= 15 is 0 Å². The molecule has 0 unspecified atom stereocenters. The van der Waals surface area contributed by atoms with Gasteiger partial charge in [-0.2, -0.15) is 0 Å². The highest BCUT2D eigenvalue weighted by molar-refractivity contribution is 5.94. The van der Waals surface area contributed by atoms with Gasteiger partial charge in [0.25, 0.3) is 0 Å². The maximum Gasteiger partial charge on any atom is 0.242 e. The zero-order valence-corrected chi connectivity index (χ0v) is 12.9. The van der Waals surface area contributed by atoms with Crippen LogP contribution in [0.5, 0.6) is 11.5 Å². The molecule has 1 aromatic rings. The van der Waals surface area contributed by atoms with Crippen LogP contribution in [0.15, 0.2) is 23.2 Å². The molecule has 120 valence electrons. The normalized spacial score (nSPS) is 14.4. The largest absolute Gasteiger partial charge is 0.490 e. The van der Waals surface area contributed by atoms with Gasteiger partial charge in [-0.25, -0.2) is 4.99 Å². The summed E-state index contributed by atoms with van der Waals surface area (Å²) >= 11 is 0. The van der Waals surface area contributed by atoms with E-state index in [4.69, 9.17) is 15.2 Å². The number of nitrogens with zero attached hydrogens (tertiary/aromatic N) is 1. The first-order chi connectivity index (χ1) is 10.5. The van der Waals surface area contributed by atoms with Crippen molar-refractivity contribution in [1.29, 1.82) is 0 Å². The SMILES string of the molecule is CC(C)NC(=O)CN=C(N)Nc1ccc2c(c1)OCCCO2. The molecular formula is C15H22N4O3. The summed E-state index contributed by atoms with van der Waals surface area (Å²) in [7, 11) is 0. The highest BCUT2D eigenvalue weighted by Crippen LogP contribution is 2.32. The number of amides is 1. The third-order valence-corrected chi connectivity index (χ3v) is 2.86. The van der Waals surface area contributed by atoms with Crippen molar-refractivity contribution in [3.05, 3.63) is 18.2 Å². The van der Waals surface area contributed by atoms with Gasteiger partial charge in [0.05, 0.1) is 13.2 Å². The van der Waals surface area contributed by atoms with Crippen molar-refractivity contribution >= 4 is 17.6 Å². The second kappa shape index (κ2) is 7.53. The first-order valence-electron chi connectivity index (χ1n) is 7.30. The second-order valence-electron chi connectivity index (χ2n) is 5.26. The molecule has 0 spiro atoms. The van der Waals surface area contributed by atoms with Crippen LogP contribution in [0.25, 0.3) is 0 Å². The Hall–Kier alpha value is -2.44. The van der Waals surface area contributed by atoms with Crippen LogP contribution >= 0.6 is 0 Å². The molecule has 4 N–H and O–H groups in total. The molecule has 0 radical (unpaired) electrons. The molecule has 7 nitrogen and oxygen atoms in total. The zero-order valence-electron chi connectivity index (χ0n) is 12.9. The summed E-state index contributed by atoms with van der Waals surface area (Å²) in [5, 5.41) is 5.68. The van der Waals surface area contributed by atoms with Crippen molar-refractivity contribution in [2.24, 2.45) is 10.7 Å². The number of fused-ring (bicyclic) bond motifs is 1. The van der Waals surface area contributed by atoms with Crippen molar-refractivity contribution in [2.45, 2.75) is 26.3 Å². The minimum absolute atomic E-state index is 0.0123. The fraction of sp³-hybridized carbons (Fsp3) is 0.467. The fourth-order valence-corrected chi connectivity index (χ4v) is 1.95. The van der Waals surface area contributed by atoms with E-state index in [0.29, 0.717) is 19.0 Å². The third-order valence-electron chi connectivity index (χ3n) is 2.86. The molecule has 0 bridgehead atoms. The summed E-state index contributed by atoms with van der Waals surface area (Å²) in [6, 6.07) is 5.53. The predicted molar refractivity (Wildman–Crippen MR) is 85.4 cm³/mol. The minimum Gasteiger partial charge on any atom is -0.490 e. The number of guanidine groups is 1. The van der Waals surface area contributed by atoms with E-state index < -0.39 is 0 Å². The lowest BCUT2D eigenvalue weighted by molar-refractivity contribution is -0.120. The standard InChI is InChI=1S/C15H22N4O3/c1-10(2)18-14(20)9-17-15(16)19-11-4-5-12-13(8-11)22-7-3-6-21-12/h4-5,8,10H,3,6-7,9H2,1-2H3,(H,18,20)(H3,16,17,19). The Morgan fingerprint density at radius 2 is 2.05 bits per heavy atom. The lowest BCUT2D eigenvalue weighted by Crippen LogP contribution is -2.33. The highest BCUT2D eigenvalue weighted by atomic mass is 16.5. The summed E-state index contributed by atoms with van der Waals surface area (Å²) in [6.45, 7) is 5.03. The smallest absolute Gasteiger partial charge is 0.242 e. The van der Waals surface area contributed by atoms with Crippen molar-refractivity contribution in [1.82, 2.24) is 5.32 Å². The van der Waals surface area contributed by atoms with Gasteiger partial charge in [0.15, 0.2) is 17.5 Å². The summed E-state index contributed by atoms with van der Waals surface area (Å²) in [5.74, 6) is 1.40. The molecule has 0 atom stereocenters. The van der Waals surface area contributed by atoms with Gasteiger partial charge in [-0.05, 0) is 26.0 Å². The summed E-state index contributed by atoms with van der Waals surface area (Å²) in [6.07, 6.45) is 0.853. The van der Waals surface area contributed by atoms with Crippen LogP contribution in [-0.2, 0) is 4.79 Å². The Labute approximate surface area is 129 Å². The third kappa shape index (κ3) is 4.83. The number of benzene rings is 1. The number of hydrogen-bond donors (Lipinski definition) is 3. The van der Waals surface area contributed by atoms with Gasteiger partial charge in [-0.1, -0.05) is 0 Å². The lowest BCUT2D eigenvalue weighted by Gasteiger charge is -2.11. The van der Waals surface area contributed by atoms with E-state index in [2.05, 4.69) is 15.6 Å². The number of anilines is 1. The molecule has 1 aromatic carbocycles. The van der Waals surface area contributed by atoms with Crippen molar-refractivity contribution < 1.29 is 14.3 Å². The van der Waals surface area contributed by atoms with E-state index in [9.17, 15) is 4.79 Å². The molecule has 1 heterocycles. The number of nitrogens with one attached hydrogen (secondary N) is 2. The molecule has 0 saturated heterocycles. The van der Waals surface area contributed by atoms with E-state index in [0.717, 1.165) is 17.9 Å². The van der Waals surface area contributed by atoms with Crippen LogP contribution in [0.4, 0.5) is 5.69 Å². The van der Waals surface area contributed by atoms with Crippen molar-refractivity contribution in [3.63, 3.8) is 0 Å². The number of rotatable bonds is 4. The number of ether oxygens (including phenoxy) is 2. The molecule has 0 aromatic heterocycles. The van der Waals surface area contributed by atoms with Gasteiger partial charge < -0.3 is 25.8 Å². The monoisotopic (exact) mass is 306 g/mol. The Kier molecular flexibility index (Phi) is 5.46. The van der Waals surface area contributed by atoms with Crippen molar-refractivity contribution in [3.8, 4) is 11.5 Å². The summed E-state index contributed by atoms with van der Waals surface area (Å²) in [4.78, 5) is 15.5. The topological polar surface area (TPSA) is 98.0 Å². The number of nitrogens with two attached hydrogens (primary N) is 1. The van der Waals surface area contributed by atoms with Gasteiger partial charge in [-0.3, -0.25) is 4.79 Å². The van der Waals surface area contributed by atoms with Gasteiger partial charge in [0.1, 0.15) is 6.54 Å². The second-order valence-corrected chi connectivity index (χ2v) is 5.26. The molecule has 1 aliphatic rings. The van der Waals surface area contributed by atoms with Crippen LogP contribution in [0.1, 0.15) is 20.3 Å². The number of carbonyl (C=O) groups is 1. The van der Waals surface area contributed by atoms with Crippen LogP contribution < -0.4 is 25.8 Å². The number of aliphatic imine (C=N–C) groups is 1. The van der Waals surface area contributed by atoms with E-state index in [1.54, 1.807) is 6.07 Å². The maximum absolute atomic E-state index is 11.5. The Morgan fingerprint density at radius 1 is 1.32 bits per heavy atom. The number of hydrogen-bond acceptors (Lipinski definition) is 4. The van der Waals surface area contributed by atoms with Gasteiger partial charge in [-0.15, -0.1) is 0 Å². The first kappa shape index (κ1) is 15.9. The molecule has 1 amide bonds. The van der Waals surface area contributed by atoms with Crippen LogP contribution in [0, 0.1) is 0 Å². The lowest BCUT2D eigenvalue weighted by atomic mass is 10.3. The average Bonchev–Trinajstić information content (AvgIpc) is 2.69. The Balaban J connectivity index is 1.95. The van der Waals surface area contributed by atoms with Crippen LogP contribution in [0.2, 0.25) is 0 Å². The fourth-order valence-electron chi connectivity index (χ4n) is 1.95. The predicted octanol–water partition coefficient (Wildman–Crippen LogP) is 1.10. The quantitative estimate of drug-likeness (QED) is 0.571. The average molecular weight is 306 g/mol. The molecule has 1 aliphatic heterocycles. The molecule has 2 rings (SSSR count). The summed E-state index contributed by atoms with van der Waals surface area (Å²) in [5.41, 5.74) is 6.51. The Bertz CT molecular complexity index is 558. The van der Waals surface area contributed by atoms with Crippen molar-refractivity contribution in [2.75, 3.05) is 25.1 Å². The first-order valence-corrected chi connectivity index (χ1v) is 7.30.